The smallest absolute Gasteiger partial charge is 0.313 e. The first kappa shape index (κ1) is 43.4. The van der Waals surface area contributed by atoms with Gasteiger partial charge in [-0.25, -0.2) is 4.98 Å². The zero-order valence-corrected chi connectivity index (χ0v) is 35.6. The Morgan fingerprint density at radius 3 is 2.25 bits per heavy atom. The normalized spacial score (nSPS) is 14.7. The van der Waals surface area contributed by atoms with Crippen molar-refractivity contribution in [3.63, 3.8) is 0 Å². The van der Waals surface area contributed by atoms with Gasteiger partial charge < -0.3 is 33.0 Å². The second kappa shape index (κ2) is 18.4. The van der Waals surface area contributed by atoms with Gasteiger partial charge in [0.25, 0.3) is 5.91 Å². The number of nitrogens with zero attached hydrogens (tertiary/aromatic N) is 2. The molecule has 0 aliphatic carbocycles. The van der Waals surface area contributed by atoms with Gasteiger partial charge in [-0.15, -0.1) is 0 Å². The SMILES string of the molecule is CC(=O)OC(C(=O)N(Cc1ccc2ccccc2c1)[C@H](C)[C@H](C/C=C/c1nc2ccccc2o1)c1ccc2c(c1)OCO2)C(CCC(=O)OC(C)(C)C)C(=O)OC(C)(C)C. The molecule has 1 aliphatic heterocycles. The van der Waals surface area contributed by atoms with E-state index >= 15 is 4.79 Å². The second-order valence-corrected chi connectivity index (χ2v) is 17.1. The predicted octanol–water partition coefficient (Wildman–Crippen LogP) is 9.33. The fourth-order valence-electron chi connectivity index (χ4n) is 7.29. The third kappa shape index (κ3) is 11.3. The largest absolute Gasteiger partial charge is 0.460 e. The average Bonchev–Trinajstić information content (AvgIpc) is 3.83. The zero-order chi connectivity index (χ0) is 43.2. The number of oxazole rings is 1. The first-order chi connectivity index (χ1) is 28.4. The van der Waals surface area contributed by atoms with E-state index in [-0.39, 0.29) is 32.1 Å². The van der Waals surface area contributed by atoms with Crippen LogP contribution in [0.25, 0.3) is 27.9 Å². The number of benzene rings is 4. The van der Waals surface area contributed by atoms with Gasteiger partial charge in [0.15, 0.2) is 23.2 Å². The highest BCUT2D eigenvalue weighted by atomic mass is 16.7. The molecule has 12 nitrogen and oxygen atoms in total. The molecule has 6 rings (SSSR count). The van der Waals surface area contributed by atoms with E-state index in [9.17, 15) is 14.4 Å². The fourth-order valence-corrected chi connectivity index (χ4v) is 7.29. The maximum absolute atomic E-state index is 15.4. The van der Waals surface area contributed by atoms with Gasteiger partial charge in [-0.1, -0.05) is 60.7 Å². The number of aromatic nitrogens is 1. The minimum atomic E-state index is -1.64. The lowest BCUT2D eigenvalue weighted by molar-refractivity contribution is -0.177. The summed E-state index contributed by atoms with van der Waals surface area (Å²) in [5, 5.41) is 2.00. The monoisotopic (exact) mass is 818 g/mol. The van der Waals surface area contributed by atoms with E-state index < -0.39 is 53.1 Å². The number of hydrogen-bond acceptors (Lipinski definition) is 11. The van der Waals surface area contributed by atoms with Gasteiger partial charge in [-0.2, -0.15) is 0 Å². The number of para-hydroxylation sites is 2. The van der Waals surface area contributed by atoms with Gasteiger partial charge in [-0.3, -0.25) is 19.2 Å². The summed E-state index contributed by atoms with van der Waals surface area (Å²) in [5.41, 5.74) is 1.32. The van der Waals surface area contributed by atoms with Gasteiger partial charge >= 0.3 is 17.9 Å². The molecule has 1 amide bonds. The summed E-state index contributed by atoms with van der Waals surface area (Å²) in [4.78, 5) is 61.7. The number of ether oxygens (including phenoxy) is 5. The molecule has 5 aromatic rings. The number of carbonyl (C=O) groups excluding carboxylic acids is 4. The molecule has 0 radical (unpaired) electrons. The number of fused-ring (bicyclic) bond motifs is 3. The molecule has 0 saturated carbocycles. The molecule has 0 spiro atoms. The maximum Gasteiger partial charge on any atom is 0.313 e. The summed E-state index contributed by atoms with van der Waals surface area (Å²) in [6.07, 6.45) is 2.11. The van der Waals surface area contributed by atoms with Gasteiger partial charge in [0.1, 0.15) is 22.6 Å². The summed E-state index contributed by atoms with van der Waals surface area (Å²) in [5.74, 6) is -2.87. The number of amides is 1. The van der Waals surface area contributed by atoms with Crippen molar-refractivity contribution in [1.82, 2.24) is 9.88 Å². The average molecular weight is 819 g/mol. The molecular weight excluding hydrogens is 765 g/mol. The standard InChI is InChI=1S/C48H54N2O10/c1-30(36(35-22-24-40-41(27-35)56-29-55-40)16-13-19-42-49-38-17-11-12-18-39(38)58-42)50(28-32-20-21-33-14-9-10-15-34(33)26-32)45(53)44(57-31(2)51)37(46(54)60-48(6,7)8)23-25-43(52)59-47(3,4)5/h9-15,17-22,24,26-27,30,36-37,44H,16,23,25,28-29H2,1-8H3/b19-13+/t30-,36+,37?,44?/m1/s1. The van der Waals surface area contributed by atoms with Crippen LogP contribution >= 0.6 is 0 Å². The molecule has 0 saturated heterocycles. The summed E-state index contributed by atoms with van der Waals surface area (Å²) >= 11 is 0. The van der Waals surface area contributed by atoms with Gasteiger partial charge in [0.05, 0.1) is 0 Å². The molecule has 1 aliphatic rings. The highest BCUT2D eigenvalue weighted by Crippen LogP contribution is 2.39. The Bertz CT molecular complexity index is 2340. The van der Waals surface area contributed by atoms with Crippen LogP contribution in [-0.4, -0.2) is 63.8 Å². The first-order valence-corrected chi connectivity index (χ1v) is 20.3. The van der Waals surface area contributed by atoms with Crippen molar-refractivity contribution in [1.29, 1.82) is 0 Å². The van der Waals surface area contributed by atoms with Crippen LogP contribution in [0, 0.1) is 5.92 Å². The number of rotatable bonds is 15. The lowest BCUT2D eigenvalue weighted by Crippen LogP contribution is -2.52. The van der Waals surface area contributed by atoms with Crippen LogP contribution in [-0.2, 0) is 39.9 Å². The molecule has 2 unspecified atom stereocenters. The van der Waals surface area contributed by atoms with Crippen molar-refractivity contribution in [2.45, 2.75) is 110 Å². The molecule has 0 bridgehead atoms. The zero-order valence-electron chi connectivity index (χ0n) is 35.6. The Labute approximate surface area is 350 Å². The van der Waals surface area contributed by atoms with Crippen molar-refractivity contribution in [3.8, 4) is 11.5 Å². The van der Waals surface area contributed by atoms with Crippen LogP contribution in [0.3, 0.4) is 0 Å². The summed E-state index contributed by atoms with van der Waals surface area (Å²) in [6.45, 7) is 13.6. The molecule has 4 aromatic carbocycles. The van der Waals surface area contributed by atoms with E-state index in [0.29, 0.717) is 29.4 Å². The molecular formula is C48H54N2O10. The minimum absolute atomic E-state index is 0.0859. The minimum Gasteiger partial charge on any atom is -0.460 e. The second-order valence-electron chi connectivity index (χ2n) is 17.1. The first-order valence-electron chi connectivity index (χ1n) is 20.3. The van der Waals surface area contributed by atoms with E-state index in [1.807, 2.05) is 97.9 Å². The molecule has 1 aromatic heterocycles. The van der Waals surface area contributed by atoms with Crippen molar-refractivity contribution in [3.05, 3.63) is 108 Å². The molecule has 2 heterocycles. The van der Waals surface area contributed by atoms with Crippen LogP contribution in [0.2, 0.25) is 0 Å². The highest BCUT2D eigenvalue weighted by Gasteiger charge is 2.43. The van der Waals surface area contributed by atoms with Gasteiger partial charge in [0, 0.05) is 31.8 Å². The van der Waals surface area contributed by atoms with Crippen LogP contribution in [0.5, 0.6) is 11.5 Å². The number of allylic oxidation sites excluding steroid dienone is 1. The summed E-state index contributed by atoms with van der Waals surface area (Å²) in [6, 6.07) is 26.5. The molecule has 4 atom stereocenters. The number of carbonyl (C=O) groups is 4. The van der Waals surface area contributed by atoms with Crippen LogP contribution in [0.4, 0.5) is 0 Å². The third-order valence-corrected chi connectivity index (χ3v) is 10.0. The Balaban J connectivity index is 1.43. The van der Waals surface area contributed by atoms with Crippen molar-refractivity contribution >= 4 is 51.8 Å². The topological polar surface area (TPSA) is 144 Å². The van der Waals surface area contributed by atoms with E-state index in [1.54, 1.807) is 52.5 Å². The molecule has 12 heteroatoms. The van der Waals surface area contributed by atoms with Crippen molar-refractivity contribution in [2.75, 3.05) is 6.79 Å². The predicted molar refractivity (Wildman–Crippen MR) is 227 cm³/mol. The lowest BCUT2D eigenvalue weighted by atomic mass is 9.86. The quantitative estimate of drug-likeness (QED) is 0.0736. The molecule has 60 heavy (non-hydrogen) atoms. The van der Waals surface area contributed by atoms with E-state index in [1.165, 1.54) is 6.92 Å². The van der Waals surface area contributed by atoms with E-state index in [0.717, 1.165) is 27.4 Å². The Morgan fingerprint density at radius 1 is 0.833 bits per heavy atom. The van der Waals surface area contributed by atoms with Crippen LogP contribution < -0.4 is 9.47 Å². The third-order valence-electron chi connectivity index (χ3n) is 10.0. The van der Waals surface area contributed by atoms with Crippen molar-refractivity contribution < 1.29 is 47.3 Å². The lowest BCUT2D eigenvalue weighted by Gasteiger charge is -2.38. The number of hydrogen-bond donors (Lipinski definition) is 0. The Hall–Kier alpha value is -6.17. The van der Waals surface area contributed by atoms with Crippen LogP contribution in [0.1, 0.15) is 97.6 Å². The molecule has 0 N–H and O–H groups in total. The maximum atomic E-state index is 15.4. The molecule has 316 valence electrons. The number of esters is 3. The Morgan fingerprint density at radius 2 is 1.53 bits per heavy atom. The van der Waals surface area contributed by atoms with Crippen molar-refractivity contribution in [2.24, 2.45) is 5.92 Å². The van der Waals surface area contributed by atoms with Crippen LogP contribution in [0.15, 0.2) is 95.4 Å². The Kier molecular flexibility index (Phi) is 13.3. The summed E-state index contributed by atoms with van der Waals surface area (Å²) < 4.78 is 34.6. The van der Waals surface area contributed by atoms with E-state index in [2.05, 4.69) is 4.98 Å². The van der Waals surface area contributed by atoms with Gasteiger partial charge in [0.2, 0.25) is 12.7 Å². The highest BCUT2D eigenvalue weighted by molar-refractivity contribution is 5.90. The summed E-state index contributed by atoms with van der Waals surface area (Å²) in [7, 11) is 0. The van der Waals surface area contributed by atoms with Gasteiger partial charge in [-0.05, 0) is 120 Å². The fraction of sp³-hybridized carbons (Fsp3) is 0.396. The van der Waals surface area contributed by atoms with E-state index in [4.69, 9.17) is 28.1 Å². The molecule has 0 fully saturated rings.